The Hall–Kier alpha value is -1.90. The first kappa shape index (κ1) is 19.4. The highest BCUT2D eigenvalue weighted by Crippen LogP contribution is 2.28. The van der Waals surface area contributed by atoms with E-state index in [4.69, 9.17) is 4.74 Å². The van der Waals surface area contributed by atoms with Gasteiger partial charge in [-0.2, -0.15) is 0 Å². The summed E-state index contributed by atoms with van der Waals surface area (Å²) >= 11 is 3.31. The molecular weight excluding hydrogens is 408 g/mol. The highest BCUT2D eigenvalue weighted by Gasteiger charge is 2.18. The molecule has 25 heavy (non-hydrogen) atoms. The minimum absolute atomic E-state index is 0.0492. The number of anilines is 1. The van der Waals surface area contributed by atoms with Gasteiger partial charge < -0.3 is 10.1 Å². The molecule has 0 fully saturated rings. The number of amides is 1. The molecule has 2 aromatic rings. The first-order valence-corrected chi connectivity index (χ1v) is 9.78. The van der Waals surface area contributed by atoms with Crippen LogP contribution in [-0.4, -0.2) is 27.5 Å². The number of rotatable bonds is 6. The number of hydrogen-bond acceptors (Lipinski definition) is 4. The fraction of sp³-hybridized carbons (Fsp3) is 0.235. The molecule has 0 heterocycles. The van der Waals surface area contributed by atoms with E-state index in [1.807, 2.05) is 0 Å². The minimum atomic E-state index is -3.68. The van der Waals surface area contributed by atoms with Crippen LogP contribution in [0.3, 0.4) is 0 Å². The van der Waals surface area contributed by atoms with Gasteiger partial charge in [-0.15, -0.1) is 0 Å². The summed E-state index contributed by atoms with van der Waals surface area (Å²) in [6.45, 7) is 3.47. The normalized spacial score (nSPS) is 11.4. The van der Waals surface area contributed by atoms with Crippen LogP contribution in [0.5, 0.6) is 5.75 Å². The lowest BCUT2D eigenvalue weighted by Gasteiger charge is -2.14. The van der Waals surface area contributed by atoms with Crippen molar-refractivity contribution in [1.82, 2.24) is 4.72 Å². The predicted molar refractivity (Wildman–Crippen MR) is 101 cm³/mol. The lowest BCUT2D eigenvalue weighted by Crippen LogP contribution is -2.30. The van der Waals surface area contributed by atoms with Crippen molar-refractivity contribution in [1.29, 1.82) is 0 Å². The average Bonchev–Trinajstić information content (AvgIpc) is 2.54. The molecule has 8 heteroatoms. The smallest absolute Gasteiger partial charge is 0.255 e. The molecule has 0 atom stereocenters. The van der Waals surface area contributed by atoms with E-state index in [1.54, 1.807) is 38.1 Å². The quantitative estimate of drug-likeness (QED) is 0.740. The Labute approximate surface area is 155 Å². The topological polar surface area (TPSA) is 84.5 Å². The summed E-state index contributed by atoms with van der Waals surface area (Å²) in [5.41, 5.74) is 0.723. The molecular formula is C17H19BrN2O4S. The van der Waals surface area contributed by atoms with Gasteiger partial charge in [-0.3, -0.25) is 4.79 Å². The van der Waals surface area contributed by atoms with Crippen LogP contribution in [0.25, 0.3) is 0 Å². The summed E-state index contributed by atoms with van der Waals surface area (Å²) in [5, 5.41) is 2.69. The minimum Gasteiger partial charge on any atom is -0.495 e. The first-order valence-electron chi connectivity index (χ1n) is 7.50. The lowest BCUT2D eigenvalue weighted by atomic mass is 10.2. The van der Waals surface area contributed by atoms with Crippen LogP contribution < -0.4 is 14.8 Å². The van der Waals surface area contributed by atoms with Crippen molar-refractivity contribution in [2.75, 3.05) is 12.4 Å². The van der Waals surface area contributed by atoms with E-state index in [-0.39, 0.29) is 22.5 Å². The Kier molecular flexibility index (Phi) is 6.21. The maximum atomic E-state index is 12.4. The van der Waals surface area contributed by atoms with Gasteiger partial charge in [-0.1, -0.05) is 15.9 Å². The van der Waals surface area contributed by atoms with Crippen molar-refractivity contribution in [3.63, 3.8) is 0 Å². The number of carbonyl (C=O) groups is 1. The molecule has 0 saturated carbocycles. The molecule has 6 nitrogen and oxygen atoms in total. The summed E-state index contributed by atoms with van der Waals surface area (Å²) in [6, 6.07) is 10.9. The maximum Gasteiger partial charge on any atom is 0.255 e. The molecule has 134 valence electrons. The molecule has 1 amide bonds. The van der Waals surface area contributed by atoms with Crippen LogP contribution in [0, 0.1) is 0 Å². The number of carbonyl (C=O) groups excluding carboxylic acids is 1. The molecule has 0 aliphatic heterocycles. The van der Waals surface area contributed by atoms with Crippen LogP contribution in [0.4, 0.5) is 5.69 Å². The van der Waals surface area contributed by atoms with Gasteiger partial charge >= 0.3 is 0 Å². The maximum absolute atomic E-state index is 12.4. The average molecular weight is 427 g/mol. The van der Waals surface area contributed by atoms with Crippen molar-refractivity contribution in [2.45, 2.75) is 24.8 Å². The summed E-state index contributed by atoms with van der Waals surface area (Å²) in [4.78, 5) is 12.4. The molecule has 0 aliphatic carbocycles. The van der Waals surface area contributed by atoms with Crippen molar-refractivity contribution < 1.29 is 17.9 Å². The molecule has 0 saturated heterocycles. The number of benzene rings is 2. The van der Waals surface area contributed by atoms with E-state index in [0.717, 1.165) is 4.47 Å². The molecule has 2 N–H and O–H groups in total. The van der Waals surface area contributed by atoms with Gasteiger partial charge in [-0.05, 0) is 56.3 Å². The van der Waals surface area contributed by atoms with E-state index in [2.05, 4.69) is 26.0 Å². The second-order valence-electron chi connectivity index (χ2n) is 5.60. The van der Waals surface area contributed by atoms with Crippen molar-refractivity contribution in [2.24, 2.45) is 0 Å². The molecule has 2 rings (SSSR count). The zero-order valence-electron chi connectivity index (χ0n) is 14.0. The summed E-state index contributed by atoms with van der Waals surface area (Å²) in [7, 11) is -2.23. The van der Waals surface area contributed by atoms with E-state index < -0.39 is 10.0 Å². The summed E-state index contributed by atoms with van der Waals surface area (Å²) < 4.78 is 33.2. The van der Waals surface area contributed by atoms with Crippen molar-refractivity contribution in [3.8, 4) is 5.75 Å². The molecule has 2 aromatic carbocycles. The Bertz CT molecular complexity index is 865. The zero-order chi connectivity index (χ0) is 18.6. The Balaban J connectivity index is 2.34. The van der Waals surface area contributed by atoms with E-state index in [9.17, 15) is 13.2 Å². The van der Waals surface area contributed by atoms with Crippen LogP contribution in [0.2, 0.25) is 0 Å². The third-order valence-electron chi connectivity index (χ3n) is 3.23. The number of hydrogen-bond donors (Lipinski definition) is 2. The Morgan fingerprint density at radius 2 is 1.76 bits per heavy atom. The highest BCUT2D eigenvalue weighted by atomic mass is 79.9. The first-order chi connectivity index (χ1) is 11.7. The van der Waals surface area contributed by atoms with Crippen LogP contribution in [0.1, 0.15) is 24.2 Å². The van der Waals surface area contributed by atoms with E-state index >= 15 is 0 Å². The number of ether oxygens (including phenoxy) is 1. The third kappa shape index (κ3) is 5.04. The number of sulfonamides is 1. The van der Waals surface area contributed by atoms with E-state index in [1.165, 1.54) is 25.3 Å². The van der Waals surface area contributed by atoms with Crippen molar-refractivity contribution in [3.05, 3.63) is 52.5 Å². The molecule has 0 aromatic heterocycles. The number of nitrogens with one attached hydrogen (secondary N) is 2. The highest BCUT2D eigenvalue weighted by molar-refractivity contribution is 9.10. The van der Waals surface area contributed by atoms with Crippen LogP contribution in [-0.2, 0) is 10.0 Å². The standard InChI is InChI=1S/C17H19BrN2O4S/c1-11(2)20-25(22,23)14-8-9-16(24-3)15(10-14)19-17(21)12-4-6-13(18)7-5-12/h4-11,20H,1-3H3,(H,19,21). The predicted octanol–water partition coefficient (Wildman–Crippen LogP) is 3.40. The molecule has 0 spiro atoms. The summed E-state index contributed by atoms with van der Waals surface area (Å²) in [6.07, 6.45) is 0. The number of halogens is 1. The fourth-order valence-electron chi connectivity index (χ4n) is 2.13. The zero-order valence-corrected chi connectivity index (χ0v) is 16.4. The van der Waals surface area contributed by atoms with E-state index in [0.29, 0.717) is 11.3 Å². The van der Waals surface area contributed by atoms with Crippen LogP contribution in [0.15, 0.2) is 51.8 Å². The van der Waals surface area contributed by atoms with Gasteiger partial charge in [0.05, 0.1) is 17.7 Å². The SMILES string of the molecule is COc1ccc(S(=O)(=O)NC(C)C)cc1NC(=O)c1ccc(Br)cc1. The van der Waals surface area contributed by atoms with Crippen LogP contribution >= 0.6 is 15.9 Å². The van der Waals surface area contributed by atoms with Gasteiger partial charge in [-0.25, -0.2) is 13.1 Å². The molecule has 0 bridgehead atoms. The van der Waals surface area contributed by atoms with Gasteiger partial charge in [0.2, 0.25) is 10.0 Å². The largest absolute Gasteiger partial charge is 0.495 e. The molecule has 0 radical (unpaired) electrons. The van der Waals surface area contributed by atoms with Gasteiger partial charge in [0.15, 0.2) is 0 Å². The Morgan fingerprint density at radius 1 is 1.12 bits per heavy atom. The van der Waals surface area contributed by atoms with Gasteiger partial charge in [0, 0.05) is 16.1 Å². The Morgan fingerprint density at radius 3 is 2.32 bits per heavy atom. The fourth-order valence-corrected chi connectivity index (χ4v) is 3.67. The third-order valence-corrected chi connectivity index (χ3v) is 5.41. The van der Waals surface area contributed by atoms with Gasteiger partial charge in [0.1, 0.15) is 5.75 Å². The van der Waals surface area contributed by atoms with Crippen molar-refractivity contribution >= 4 is 37.5 Å². The summed E-state index contributed by atoms with van der Waals surface area (Å²) in [5.74, 6) is 0.00567. The monoisotopic (exact) mass is 426 g/mol. The molecule has 0 aliphatic rings. The second-order valence-corrected chi connectivity index (χ2v) is 8.23. The second kappa shape index (κ2) is 7.99. The lowest BCUT2D eigenvalue weighted by molar-refractivity contribution is 0.102. The molecule has 0 unspecified atom stereocenters. The van der Waals surface area contributed by atoms with Gasteiger partial charge in [0.25, 0.3) is 5.91 Å². The number of methoxy groups -OCH3 is 1.